The third-order valence-corrected chi connectivity index (χ3v) is 3.77. The van der Waals surface area contributed by atoms with Crippen molar-refractivity contribution in [3.05, 3.63) is 57.6 Å². The summed E-state index contributed by atoms with van der Waals surface area (Å²) in [5.74, 6) is -0.141. The Kier molecular flexibility index (Phi) is 4.76. The molecule has 0 aliphatic carbocycles. The quantitative estimate of drug-likeness (QED) is 0.891. The number of carbonyl (C=O) groups excluding carboxylic acids is 1. The molecule has 2 aromatic rings. The number of rotatable bonds is 3. The molecule has 0 bridgehead atoms. The van der Waals surface area contributed by atoms with E-state index in [1.54, 1.807) is 41.3 Å². The van der Waals surface area contributed by atoms with Crippen LogP contribution in [0, 0.1) is 6.92 Å². The maximum absolute atomic E-state index is 12.7. The van der Waals surface area contributed by atoms with Crippen molar-refractivity contribution < 1.29 is 9.90 Å². The van der Waals surface area contributed by atoms with Gasteiger partial charge in [0, 0.05) is 17.6 Å². The van der Waals surface area contributed by atoms with Crippen LogP contribution in [0.2, 0.25) is 10.0 Å². The van der Waals surface area contributed by atoms with Gasteiger partial charge in [-0.3, -0.25) is 4.79 Å². The van der Waals surface area contributed by atoms with E-state index in [0.29, 0.717) is 27.8 Å². The number of benzene rings is 2. The summed E-state index contributed by atoms with van der Waals surface area (Å²) in [5.41, 5.74) is 1.88. The molecule has 0 aliphatic rings. The fourth-order valence-corrected chi connectivity index (χ4v) is 2.49. The standard InChI is InChI=1S/C16H15Cl2NO2/c1-3-19(15-9-12(20)6-4-10(15)2)16(21)13-8-11(17)5-7-14(13)18/h4-9,20H,3H2,1-2H3. The average molecular weight is 324 g/mol. The summed E-state index contributed by atoms with van der Waals surface area (Å²) < 4.78 is 0. The lowest BCUT2D eigenvalue weighted by atomic mass is 10.1. The first-order valence-electron chi connectivity index (χ1n) is 6.50. The van der Waals surface area contributed by atoms with Crippen LogP contribution in [-0.2, 0) is 0 Å². The molecule has 0 unspecified atom stereocenters. The minimum atomic E-state index is -0.251. The molecule has 110 valence electrons. The first-order chi connectivity index (χ1) is 9.93. The van der Waals surface area contributed by atoms with E-state index in [2.05, 4.69) is 0 Å². The van der Waals surface area contributed by atoms with E-state index in [9.17, 15) is 9.90 Å². The second-order valence-electron chi connectivity index (χ2n) is 4.64. The van der Waals surface area contributed by atoms with Crippen LogP contribution in [0.15, 0.2) is 36.4 Å². The van der Waals surface area contributed by atoms with E-state index in [-0.39, 0.29) is 11.7 Å². The monoisotopic (exact) mass is 323 g/mol. The number of hydrogen-bond acceptors (Lipinski definition) is 2. The Hall–Kier alpha value is -1.71. The predicted molar refractivity (Wildman–Crippen MR) is 86.7 cm³/mol. The molecule has 2 aromatic carbocycles. The number of hydrogen-bond donors (Lipinski definition) is 1. The van der Waals surface area contributed by atoms with E-state index in [0.717, 1.165) is 5.56 Å². The van der Waals surface area contributed by atoms with Crippen molar-refractivity contribution in [3.8, 4) is 5.75 Å². The van der Waals surface area contributed by atoms with Gasteiger partial charge in [0.15, 0.2) is 0 Å². The Morgan fingerprint density at radius 2 is 1.90 bits per heavy atom. The zero-order valence-corrected chi connectivity index (χ0v) is 13.2. The number of nitrogens with zero attached hydrogens (tertiary/aromatic N) is 1. The van der Waals surface area contributed by atoms with Crippen LogP contribution in [0.5, 0.6) is 5.75 Å². The molecule has 0 spiro atoms. The van der Waals surface area contributed by atoms with Crippen LogP contribution in [-0.4, -0.2) is 17.6 Å². The van der Waals surface area contributed by atoms with E-state index in [1.165, 1.54) is 0 Å². The molecule has 21 heavy (non-hydrogen) atoms. The van der Waals surface area contributed by atoms with Gasteiger partial charge in [-0.15, -0.1) is 0 Å². The predicted octanol–water partition coefficient (Wildman–Crippen LogP) is 4.67. The van der Waals surface area contributed by atoms with Gasteiger partial charge >= 0.3 is 0 Å². The van der Waals surface area contributed by atoms with Crippen LogP contribution >= 0.6 is 23.2 Å². The summed E-state index contributed by atoms with van der Waals surface area (Å²) in [5, 5.41) is 10.4. The van der Waals surface area contributed by atoms with Crippen LogP contribution in [0.4, 0.5) is 5.69 Å². The normalized spacial score (nSPS) is 10.5. The van der Waals surface area contributed by atoms with Gasteiger partial charge in [0.2, 0.25) is 0 Å². The second-order valence-corrected chi connectivity index (χ2v) is 5.49. The average Bonchev–Trinajstić information content (AvgIpc) is 2.46. The zero-order chi connectivity index (χ0) is 15.6. The van der Waals surface area contributed by atoms with E-state index in [4.69, 9.17) is 23.2 Å². The summed E-state index contributed by atoms with van der Waals surface area (Å²) in [6, 6.07) is 9.70. The summed E-state index contributed by atoms with van der Waals surface area (Å²) >= 11 is 12.0. The molecule has 1 N–H and O–H groups in total. The lowest BCUT2D eigenvalue weighted by molar-refractivity contribution is 0.0988. The number of amides is 1. The zero-order valence-electron chi connectivity index (χ0n) is 11.7. The molecule has 0 fully saturated rings. The number of halogens is 2. The molecule has 0 radical (unpaired) electrons. The molecular formula is C16H15Cl2NO2. The number of phenolic OH excluding ortho intramolecular Hbond substituents is 1. The van der Waals surface area contributed by atoms with Gasteiger partial charge in [-0.1, -0.05) is 29.3 Å². The molecule has 0 aromatic heterocycles. The maximum atomic E-state index is 12.7. The number of aryl methyl sites for hydroxylation is 1. The number of aromatic hydroxyl groups is 1. The van der Waals surface area contributed by atoms with Gasteiger partial charge in [0.05, 0.1) is 16.3 Å². The van der Waals surface area contributed by atoms with Gasteiger partial charge in [-0.2, -0.15) is 0 Å². The largest absolute Gasteiger partial charge is 0.508 e. The molecular weight excluding hydrogens is 309 g/mol. The van der Waals surface area contributed by atoms with Crippen LogP contribution in [0.3, 0.4) is 0 Å². The lowest BCUT2D eigenvalue weighted by Gasteiger charge is -2.23. The Morgan fingerprint density at radius 1 is 1.19 bits per heavy atom. The van der Waals surface area contributed by atoms with Gasteiger partial charge in [0.1, 0.15) is 5.75 Å². The van der Waals surface area contributed by atoms with Crippen molar-refractivity contribution in [2.24, 2.45) is 0 Å². The molecule has 1 amide bonds. The summed E-state index contributed by atoms with van der Waals surface area (Å²) in [4.78, 5) is 14.3. The number of anilines is 1. The number of carbonyl (C=O) groups is 1. The minimum Gasteiger partial charge on any atom is -0.508 e. The molecule has 0 aliphatic heterocycles. The Bertz CT molecular complexity index is 686. The summed E-state index contributed by atoms with van der Waals surface area (Å²) in [6.45, 7) is 4.19. The highest BCUT2D eigenvalue weighted by molar-refractivity contribution is 6.36. The third kappa shape index (κ3) is 3.31. The molecule has 0 saturated carbocycles. The first-order valence-corrected chi connectivity index (χ1v) is 7.26. The smallest absolute Gasteiger partial charge is 0.259 e. The SMILES string of the molecule is CCN(C(=O)c1cc(Cl)ccc1Cl)c1cc(O)ccc1C. The Morgan fingerprint density at radius 3 is 2.57 bits per heavy atom. The van der Waals surface area contributed by atoms with E-state index < -0.39 is 0 Å². The summed E-state index contributed by atoms with van der Waals surface area (Å²) in [7, 11) is 0. The second kappa shape index (κ2) is 6.37. The van der Waals surface area contributed by atoms with E-state index in [1.807, 2.05) is 13.8 Å². The number of phenols is 1. The molecule has 0 heterocycles. The van der Waals surface area contributed by atoms with Crippen molar-refractivity contribution in [1.29, 1.82) is 0 Å². The molecule has 2 rings (SSSR count). The van der Waals surface area contributed by atoms with Crippen molar-refractivity contribution in [2.45, 2.75) is 13.8 Å². The van der Waals surface area contributed by atoms with Crippen molar-refractivity contribution in [2.75, 3.05) is 11.4 Å². The topological polar surface area (TPSA) is 40.5 Å². The summed E-state index contributed by atoms with van der Waals surface area (Å²) in [6.07, 6.45) is 0. The third-order valence-electron chi connectivity index (χ3n) is 3.20. The van der Waals surface area contributed by atoms with Gasteiger partial charge in [0.25, 0.3) is 5.91 Å². The van der Waals surface area contributed by atoms with Crippen LogP contribution < -0.4 is 4.90 Å². The highest BCUT2D eigenvalue weighted by Crippen LogP contribution is 2.28. The van der Waals surface area contributed by atoms with E-state index >= 15 is 0 Å². The highest BCUT2D eigenvalue weighted by Gasteiger charge is 2.20. The molecule has 5 heteroatoms. The fraction of sp³-hybridized carbons (Fsp3) is 0.188. The lowest BCUT2D eigenvalue weighted by Crippen LogP contribution is -2.31. The molecule has 0 saturated heterocycles. The highest BCUT2D eigenvalue weighted by atomic mass is 35.5. The Balaban J connectivity index is 2.48. The van der Waals surface area contributed by atoms with Crippen molar-refractivity contribution in [1.82, 2.24) is 0 Å². The maximum Gasteiger partial charge on any atom is 0.259 e. The molecule has 3 nitrogen and oxygen atoms in total. The van der Waals surface area contributed by atoms with Crippen LogP contribution in [0.25, 0.3) is 0 Å². The van der Waals surface area contributed by atoms with Gasteiger partial charge in [-0.25, -0.2) is 0 Å². The van der Waals surface area contributed by atoms with Gasteiger partial charge in [-0.05, 0) is 43.7 Å². The molecule has 0 atom stereocenters. The fourth-order valence-electron chi connectivity index (χ4n) is 2.12. The van der Waals surface area contributed by atoms with Crippen LogP contribution in [0.1, 0.15) is 22.8 Å². The first kappa shape index (κ1) is 15.7. The van der Waals surface area contributed by atoms with Crippen molar-refractivity contribution >= 4 is 34.8 Å². The van der Waals surface area contributed by atoms with Crippen molar-refractivity contribution in [3.63, 3.8) is 0 Å². The minimum absolute atomic E-state index is 0.110. The Labute approximate surface area is 133 Å². The van der Waals surface area contributed by atoms with Gasteiger partial charge < -0.3 is 10.0 Å².